The lowest BCUT2D eigenvalue weighted by atomic mass is 10.1. The van der Waals surface area contributed by atoms with Crippen LogP contribution in [0.4, 0.5) is 0 Å². The van der Waals surface area contributed by atoms with E-state index < -0.39 is 0 Å². The van der Waals surface area contributed by atoms with Crippen LogP contribution in [0.15, 0.2) is 0 Å². The first-order valence-electron chi connectivity index (χ1n) is 4.05. The molecule has 0 aliphatic carbocycles. The Morgan fingerprint density at radius 1 is 1.67 bits per heavy atom. The molecule has 0 rings (SSSR count). The minimum Gasteiger partial charge on any atom is -0.352 e. The number of hydrogen-bond acceptors (Lipinski definition) is 2. The Morgan fingerprint density at radius 2 is 2.25 bits per heavy atom. The molecule has 0 aromatic carbocycles. The van der Waals surface area contributed by atoms with Crippen LogP contribution in [0, 0.1) is 18.3 Å². The molecule has 0 aromatic rings. The average molecular weight is 168 g/mol. The van der Waals surface area contributed by atoms with Crippen molar-refractivity contribution in [2.45, 2.75) is 26.3 Å². The molecule has 0 spiro atoms. The van der Waals surface area contributed by atoms with E-state index in [9.17, 15) is 4.79 Å². The van der Waals surface area contributed by atoms with Gasteiger partial charge in [-0.1, -0.05) is 6.92 Å². The lowest BCUT2D eigenvalue weighted by Crippen LogP contribution is -2.38. The van der Waals surface area contributed by atoms with E-state index in [2.05, 4.69) is 11.2 Å². The van der Waals surface area contributed by atoms with E-state index in [1.54, 1.807) is 6.92 Å². The molecule has 3 nitrogen and oxygen atoms in total. The van der Waals surface area contributed by atoms with Crippen LogP contribution in [0.2, 0.25) is 0 Å². The summed E-state index contributed by atoms with van der Waals surface area (Å²) in [6.45, 7) is 4.04. The number of amides is 1. The molecule has 1 amide bonds. The summed E-state index contributed by atoms with van der Waals surface area (Å²) in [5.41, 5.74) is 5.32. The van der Waals surface area contributed by atoms with E-state index in [4.69, 9.17) is 12.2 Å². The predicted octanol–water partition coefficient (Wildman–Crippen LogP) is 0.109. The first-order chi connectivity index (χ1) is 5.61. The van der Waals surface area contributed by atoms with Crippen molar-refractivity contribution < 1.29 is 4.79 Å². The Kier molecular flexibility index (Phi) is 5.14. The minimum absolute atomic E-state index is 0.0275. The number of nitrogens with one attached hydrogen (secondary N) is 1. The van der Waals surface area contributed by atoms with Gasteiger partial charge in [0.2, 0.25) is 5.91 Å². The number of nitrogens with two attached hydrogens (primary N) is 1. The van der Waals surface area contributed by atoms with Crippen molar-refractivity contribution in [1.82, 2.24) is 5.32 Å². The molecule has 12 heavy (non-hydrogen) atoms. The van der Waals surface area contributed by atoms with Crippen LogP contribution in [0.3, 0.4) is 0 Å². The molecule has 0 bridgehead atoms. The van der Waals surface area contributed by atoms with Gasteiger partial charge in [0.05, 0.1) is 0 Å². The number of carbonyl (C=O) groups is 1. The normalized spacial score (nSPS) is 14.5. The Hall–Kier alpha value is -1.01. The van der Waals surface area contributed by atoms with Crippen LogP contribution >= 0.6 is 0 Å². The van der Waals surface area contributed by atoms with Gasteiger partial charge in [-0.2, -0.15) is 0 Å². The smallest absolute Gasteiger partial charge is 0.224 e. The zero-order chi connectivity index (χ0) is 9.56. The third-order valence-electron chi connectivity index (χ3n) is 1.61. The van der Waals surface area contributed by atoms with Gasteiger partial charge < -0.3 is 11.1 Å². The Morgan fingerprint density at radius 3 is 2.67 bits per heavy atom. The highest BCUT2D eigenvalue weighted by Gasteiger charge is 2.12. The molecule has 0 radical (unpaired) electrons. The van der Waals surface area contributed by atoms with Crippen LogP contribution in [-0.2, 0) is 4.79 Å². The predicted molar refractivity (Wildman–Crippen MR) is 49.3 cm³/mol. The highest BCUT2D eigenvalue weighted by atomic mass is 16.1. The van der Waals surface area contributed by atoms with Crippen LogP contribution < -0.4 is 11.1 Å². The maximum atomic E-state index is 11.2. The van der Waals surface area contributed by atoms with Crippen LogP contribution in [-0.4, -0.2) is 18.5 Å². The van der Waals surface area contributed by atoms with Gasteiger partial charge in [-0.25, -0.2) is 0 Å². The summed E-state index contributed by atoms with van der Waals surface area (Å²) in [6, 6.07) is 0.0384. The van der Waals surface area contributed by atoms with Crippen molar-refractivity contribution in [3.63, 3.8) is 0 Å². The zero-order valence-electron chi connectivity index (χ0n) is 7.63. The highest BCUT2D eigenvalue weighted by Crippen LogP contribution is 1.94. The second kappa shape index (κ2) is 5.62. The monoisotopic (exact) mass is 168 g/mol. The van der Waals surface area contributed by atoms with E-state index in [1.807, 2.05) is 6.92 Å². The van der Waals surface area contributed by atoms with E-state index in [0.29, 0.717) is 13.0 Å². The molecule has 3 N–H and O–H groups in total. The fourth-order valence-corrected chi connectivity index (χ4v) is 0.720. The maximum absolute atomic E-state index is 11.2. The minimum atomic E-state index is -0.134. The van der Waals surface area contributed by atoms with Crippen molar-refractivity contribution in [2.75, 3.05) is 6.54 Å². The molecule has 0 saturated carbocycles. The van der Waals surface area contributed by atoms with Gasteiger partial charge in [0, 0.05) is 24.9 Å². The topological polar surface area (TPSA) is 55.1 Å². The van der Waals surface area contributed by atoms with E-state index in [0.717, 1.165) is 0 Å². The molecular formula is C9H16N2O. The number of terminal acetylenes is 1. The molecule has 0 fully saturated rings. The molecule has 0 heterocycles. The quantitative estimate of drug-likeness (QED) is 0.585. The summed E-state index contributed by atoms with van der Waals surface area (Å²) in [4.78, 5) is 11.2. The standard InChI is InChI=1S/C9H16N2O/c1-4-5-8(3)11-9(12)7(2)6-10/h1,7-8H,5-6,10H2,2-3H3,(H,11,12). The number of hydrogen-bond donors (Lipinski definition) is 2. The fourth-order valence-electron chi connectivity index (χ4n) is 0.720. The van der Waals surface area contributed by atoms with Crippen LogP contribution in [0.5, 0.6) is 0 Å². The zero-order valence-corrected chi connectivity index (χ0v) is 7.63. The van der Waals surface area contributed by atoms with Crippen LogP contribution in [0.25, 0.3) is 0 Å². The average Bonchev–Trinajstić information content (AvgIpc) is 2.03. The van der Waals surface area contributed by atoms with Crippen molar-refractivity contribution >= 4 is 5.91 Å². The lowest BCUT2D eigenvalue weighted by Gasteiger charge is -2.14. The summed E-state index contributed by atoms with van der Waals surface area (Å²) < 4.78 is 0. The van der Waals surface area contributed by atoms with Gasteiger partial charge in [-0.05, 0) is 6.92 Å². The molecular weight excluding hydrogens is 152 g/mol. The largest absolute Gasteiger partial charge is 0.352 e. The first-order valence-corrected chi connectivity index (χ1v) is 4.05. The molecule has 0 aliphatic rings. The highest BCUT2D eigenvalue weighted by molar-refractivity contribution is 5.78. The molecule has 68 valence electrons. The molecule has 0 saturated heterocycles. The van der Waals surface area contributed by atoms with Crippen molar-refractivity contribution in [1.29, 1.82) is 0 Å². The Balaban J connectivity index is 3.77. The number of rotatable bonds is 4. The Labute approximate surface area is 73.7 Å². The van der Waals surface area contributed by atoms with E-state index >= 15 is 0 Å². The summed E-state index contributed by atoms with van der Waals surface area (Å²) in [6.07, 6.45) is 5.65. The van der Waals surface area contributed by atoms with Crippen molar-refractivity contribution in [2.24, 2.45) is 11.7 Å². The number of carbonyl (C=O) groups excluding carboxylic acids is 1. The third-order valence-corrected chi connectivity index (χ3v) is 1.61. The van der Waals surface area contributed by atoms with Gasteiger partial charge in [0.25, 0.3) is 0 Å². The fraction of sp³-hybridized carbons (Fsp3) is 0.667. The lowest BCUT2D eigenvalue weighted by molar-refractivity contribution is -0.124. The maximum Gasteiger partial charge on any atom is 0.224 e. The van der Waals surface area contributed by atoms with Crippen LogP contribution in [0.1, 0.15) is 20.3 Å². The SMILES string of the molecule is C#CCC(C)NC(=O)C(C)CN. The summed E-state index contributed by atoms with van der Waals surface area (Å²) in [7, 11) is 0. The van der Waals surface area contributed by atoms with Crippen molar-refractivity contribution in [3.05, 3.63) is 0 Å². The van der Waals surface area contributed by atoms with E-state index in [1.165, 1.54) is 0 Å². The van der Waals surface area contributed by atoms with Gasteiger partial charge in [-0.3, -0.25) is 4.79 Å². The van der Waals surface area contributed by atoms with E-state index in [-0.39, 0.29) is 17.9 Å². The molecule has 3 heteroatoms. The van der Waals surface area contributed by atoms with Gasteiger partial charge in [0.15, 0.2) is 0 Å². The molecule has 2 unspecified atom stereocenters. The van der Waals surface area contributed by atoms with Gasteiger partial charge >= 0.3 is 0 Å². The van der Waals surface area contributed by atoms with Gasteiger partial charge in [0.1, 0.15) is 0 Å². The molecule has 2 atom stereocenters. The second-order valence-corrected chi connectivity index (χ2v) is 2.95. The van der Waals surface area contributed by atoms with Crippen molar-refractivity contribution in [3.8, 4) is 12.3 Å². The summed E-state index contributed by atoms with van der Waals surface area (Å²) >= 11 is 0. The second-order valence-electron chi connectivity index (χ2n) is 2.95. The van der Waals surface area contributed by atoms with Gasteiger partial charge in [-0.15, -0.1) is 12.3 Å². The first kappa shape index (κ1) is 11.0. The molecule has 0 aliphatic heterocycles. The Bertz CT molecular complexity index is 183. The summed E-state index contributed by atoms with van der Waals surface area (Å²) in [5.74, 6) is 2.32. The summed E-state index contributed by atoms with van der Waals surface area (Å²) in [5, 5.41) is 2.77. The third kappa shape index (κ3) is 3.99. The molecule has 0 aromatic heterocycles.